The number of carbonyl (C=O) groups is 1. The fourth-order valence-corrected chi connectivity index (χ4v) is 3.20. The Kier molecular flexibility index (Phi) is 4.78. The van der Waals surface area contributed by atoms with E-state index >= 15 is 0 Å². The molecule has 2 heterocycles. The molecule has 6 heteroatoms. The highest BCUT2D eigenvalue weighted by molar-refractivity contribution is 6.06. The summed E-state index contributed by atoms with van der Waals surface area (Å²) in [6.45, 7) is 1.30. The van der Waals surface area contributed by atoms with E-state index in [9.17, 15) is 9.18 Å². The molecule has 1 aromatic heterocycles. The average Bonchev–Trinajstić information content (AvgIpc) is 3.14. The molecule has 136 valence electrons. The normalized spacial score (nSPS) is 12.7. The summed E-state index contributed by atoms with van der Waals surface area (Å²) in [7, 11) is 0. The highest BCUT2D eigenvalue weighted by Gasteiger charge is 2.25. The predicted molar refractivity (Wildman–Crippen MR) is 102 cm³/mol. The summed E-state index contributed by atoms with van der Waals surface area (Å²) in [5.41, 5.74) is 3.65. The molecular weight excluding hydrogens is 343 g/mol. The highest BCUT2D eigenvalue weighted by Crippen LogP contribution is 2.28. The van der Waals surface area contributed by atoms with Gasteiger partial charge in [0.25, 0.3) is 5.91 Å². The molecule has 0 aliphatic carbocycles. The molecule has 27 heavy (non-hydrogen) atoms. The van der Waals surface area contributed by atoms with Crippen molar-refractivity contribution < 1.29 is 9.18 Å². The number of anilines is 2. The second-order valence-electron chi connectivity index (χ2n) is 6.43. The number of aromatic nitrogens is 2. The third-order valence-electron chi connectivity index (χ3n) is 4.64. The first-order chi connectivity index (χ1) is 13.2. The van der Waals surface area contributed by atoms with Gasteiger partial charge in [-0.05, 0) is 42.2 Å². The van der Waals surface area contributed by atoms with Crippen LogP contribution in [-0.4, -0.2) is 29.0 Å². The summed E-state index contributed by atoms with van der Waals surface area (Å²) >= 11 is 0. The summed E-state index contributed by atoms with van der Waals surface area (Å²) in [4.78, 5) is 23.0. The fourth-order valence-electron chi connectivity index (χ4n) is 3.20. The summed E-state index contributed by atoms with van der Waals surface area (Å²) in [5.74, 6) is 0.143. The second kappa shape index (κ2) is 7.53. The molecule has 3 aromatic rings. The number of hydrogen-bond donors (Lipinski definition) is 1. The van der Waals surface area contributed by atoms with Crippen molar-refractivity contribution in [3.05, 3.63) is 83.4 Å². The SMILES string of the molecule is O=C(c1cnc(NCCc2ccc(F)cc2)nc1)N1CCc2ccccc21. The molecule has 0 unspecified atom stereocenters. The molecule has 0 saturated heterocycles. The highest BCUT2D eigenvalue weighted by atomic mass is 19.1. The van der Waals surface area contributed by atoms with Crippen molar-refractivity contribution in [2.75, 3.05) is 23.3 Å². The first kappa shape index (κ1) is 17.1. The molecule has 0 atom stereocenters. The molecule has 5 nitrogen and oxygen atoms in total. The maximum Gasteiger partial charge on any atom is 0.261 e. The van der Waals surface area contributed by atoms with Crippen LogP contribution in [0.5, 0.6) is 0 Å². The number of nitrogens with one attached hydrogen (secondary N) is 1. The van der Waals surface area contributed by atoms with Crippen molar-refractivity contribution >= 4 is 17.5 Å². The summed E-state index contributed by atoms with van der Waals surface area (Å²) < 4.78 is 12.9. The summed E-state index contributed by atoms with van der Waals surface area (Å²) in [6.07, 6.45) is 4.70. The smallest absolute Gasteiger partial charge is 0.261 e. The molecule has 2 aromatic carbocycles. The van der Waals surface area contributed by atoms with E-state index in [0.29, 0.717) is 24.6 Å². The lowest BCUT2D eigenvalue weighted by Crippen LogP contribution is -2.29. The van der Waals surface area contributed by atoms with Crippen molar-refractivity contribution in [1.29, 1.82) is 0 Å². The van der Waals surface area contributed by atoms with Gasteiger partial charge in [-0.2, -0.15) is 0 Å². The lowest BCUT2D eigenvalue weighted by atomic mass is 10.1. The van der Waals surface area contributed by atoms with Crippen LogP contribution in [0.15, 0.2) is 60.9 Å². The van der Waals surface area contributed by atoms with Crippen molar-refractivity contribution in [2.45, 2.75) is 12.8 Å². The number of nitrogens with zero attached hydrogens (tertiary/aromatic N) is 3. The van der Waals surface area contributed by atoms with Gasteiger partial charge in [0.05, 0.1) is 5.56 Å². The molecule has 1 amide bonds. The van der Waals surface area contributed by atoms with Crippen LogP contribution < -0.4 is 10.2 Å². The van der Waals surface area contributed by atoms with Crippen LogP contribution in [0.25, 0.3) is 0 Å². The quantitative estimate of drug-likeness (QED) is 0.755. The Balaban J connectivity index is 1.36. The molecule has 1 aliphatic rings. The summed E-state index contributed by atoms with van der Waals surface area (Å²) in [5, 5.41) is 3.12. The Morgan fingerprint density at radius 3 is 2.59 bits per heavy atom. The number of halogens is 1. The van der Waals surface area contributed by atoms with Gasteiger partial charge >= 0.3 is 0 Å². The van der Waals surface area contributed by atoms with E-state index in [1.165, 1.54) is 17.7 Å². The maximum absolute atomic E-state index is 12.9. The molecule has 0 radical (unpaired) electrons. The zero-order chi connectivity index (χ0) is 18.6. The van der Waals surface area contributed by atoms with Gasteiger partial charge in [0, 0.05) is 31.2 Å². The van der Waals surface area contributed by atoms with Gasteiger partial charge in [-0.3, -0.25) is 4.79 Å². The Morgan fingerprint density at radius 2 is 1.81 bits per heavy atom. The van der Waals surface area contributed by atoms with Gasteiger partial charge in [-0.25, -0.2) is 14.4 Å². The van der Waals surface area contributed by atoms with E-state index in [-0.39, 0.29) is 11.7 Å². The molecule has 0 spiro atoms. The topological polar surface area (TPSA) is 58.1 Å². The molecule has 1 aliphatic heterocycles. The first-order valence-corrected chi connectivity index (χ1v) is 8.91. The zero-order valence-corrected chi connectivity index (χ0v) is 14.7. The average molecular weight is 362 g/mol. The Labute approximate surface area is 156 Å². The van der Waals surface area contributed by atoms with Crippen LogP contribution in [0.2, 0.25) is 0 Å². The van der Waals surface area contributed by atoms with Crippen molar-refractivity contribution in [3.8, 4) is 0 Å². The number of para-hydroxylation sites is 1. The third kappa shape index (κ3) is 3.79. The Bertz CT molecular complexity index is 941. The molecule has 0 saturated carbocycles. The Morgan fingerprint density at radius 1 is 1.07 bits per heavy atom. The monoisotopic (exact) mass is 362 g/mol. The van der Waals surface area contributed by atoms with E-state index in [4.69, 9.17) is 0 Å². The standard InChI is InChI=1S/C21H19FN4O/c22-18-7-5-15(6-8-18)9-11-23-21-24-13-17(14-25-21)20(27)26-12-10-16-3-1-2-4-19(16)26/h1-8,13-14H,9-12H2,(H,23,24,25). The van der Waals surface area contributed by atoms with Crippen molar-refractivity contribution in [3.63, 3.8) is 0 Å². The molecule has 4 rings (SSSR count). The Hall–Kier alpha value is -3.28. The van der Waals surface area contributed by atoms with Crippen LogP contribution in [-0.2, 0) is 12.8 Å². The van der Waals surface area contributed by atoms with Gasteiger partial charge in [-0.15, -0.1) is 0 Å². The van der Waals surface area contributed by atoms with E-state index in [2.05, 4.69) is 15.3 Å². The number of carbonyl (C=O) groups excluding carboxylic acids is 1. The minimum atomic E-state index is -0.240. The maximum atomic E-state index is 12.9. The predicted octanol–water partition coefficient (Wildman–Crippen LogP) is 3.47. The van der Waals surface area contributed by atoms with Gasteiger partial charge in [0.2, 0.25) is 5.95 Å². The van der Waals surface area contributed by atoms with Crippen molar-refractivity contribution in [1.82, 2.24) is 9.97 Å². The lowest BCUT2D eigenvalue weighted by Gasteiger charge is -2.17. The van der Waals surface area contributed by atoms with Crippen LogP contribution >= 0.6 is 0 Å². The zero-order valence-electron chi connectivity index (χ0n) is 14.7. The third-order valence-corrected chi connectivity index (χ3v) is 4.64. The first-order valence-electron chi connectivity index (χ1n) is 8.91. The second-order valence-corrected chi connectivity index (χ2v) is 6.43. The van der Waals surface area contributed by atoms with E-state index < -0.39 is 0 Å². The number of amides is 1. The van der Waals surface area contributed by atoms with Gasteiger partial charge < -0.3 is 10.2 Å². The lowest BCUT2D eigenvalue weighted by molar-refractivity contribution is 0.0988. The summed E-state index contributed by atoms with van der Waals surface area (Å²) in [6, 6.07) is 14.4. The van der Waals surface area contributed by atoms with E-state index in [1.54, 1.807) is 29.4 Å². The number of benzene rings is 2. The van der Waals surface area contributed by atoms with Crippen molar-refractivity contribution in [2.24, 2.45) is 0 Å². The molecule has 1 N–H and O–H groups in total. The van der Waals surface area contributed by atoms with Crippen LogP contribution in [0.4, 0.5) is 16.0 Å². The van der Waals surface area contributed by atoms with E-state index in [0.717, 1.165) is 24.1 Å². The number of rotatable bonds is 5. The molecule has 0 fully saturated rings. The van der Waals surface area contributed by atoms with Gasteiger partial charge in [0.1, 0.15) is 5.82 Å². The minimum absolute atomic E-state index is 0.0854. The number of fused-ring (bicyclic) bond motifs is 1. The molecular formula is C21H19FN4O. The van der Waals surface area contributed by atoms with E-state index in [1.807, 2.05) is 24.3 Å². The largest absolute Gasteiger partial charge is 0.354 e. The minimum Gasteiger partial charge on any atom is -0.354 e. The fraction of sp³-hybridized carbons (Fsp3) is 0.190. The molecule has 0 bridgehead atoms. The van der Waals surface area contributed by atoms with Gasteiger partial charge in [-0.1, -0.05) is 30.3 Å². The van der Waals surface area contributed by atoms with Crippen LogP contribution in [0.1, 0.15) is 21.5 Å². The van der Waals surface area contributed by atoms with Crippen LogP contribution in [0, 0.1) is 5.82 Å². The van der Waals surface area contributed by atoms with Gasteiger partial charge in [0.15, 0.2) is 0 Å². The van der Waals surface area contributed by atoms with Crippen LogP contribution in [0.3, 0.4) is 0 Å². The number of hydrogen-bond acceptors (Lipinski definition) is 4.